The van der Waals surface area contributed by atoms with Gasteiger partial charge in [-0.05, 0) is 129 Å². The van der Waals surface area contributed by atoms with Crippen LogP contribution in [0.1, 0.15) is 78.2 Å². The Hall–Kier alpha value is -6.86. The summed E-state index contributed by atoms with van der Waals surface area (Å²) >= 11 is 0. The number of rotatable bonds is 15. The Morgan fingerprint density at radius 2 is 0.983 bits per heavy atom. The maximum absolute atomic E-state index is 12.9. The second-order valence-electron chi connectivity index (χ2n) is 14.1. The molecular formula is C53H56O7. The summed E-state index contributed by atoms with van der Waals surface area (Å²) in [4.78, 5) is 25.7. The smallest absolute Gasteiger partial charge is 0.189 e. The number of hydrogen-bond donors (Lipinski definition) is 0. The second-order valence-corrected chi connectivity index (χ2v) is 14.1. The molecule has 0 aliphatic heterocycles. The molecule has 0 aliphatic rings. The van der Waals surface area contributed by atoms with Gasteiger partial charge in [-0.3, -0.25) is 9.59 Å². The van der Waals surface area contributed by atoms with E-state index in [-0.39, 0.29) is 19.0 Å². The van der Waals surface area contributed by atoms with Gasteiger partial charge in [-0.15, -0.1) is 0 Å². The third kappa shape index (κ3) is 12.1. The average Bonchev–Trinajstić information content (AvgIpc) is 3.25. The van der Waals surface area contributed by atoms with Gasteiger partial charge in [0.2, 0.25) is 0 Å². The summed E-state index contributed by atoms with van der Waals surface area (Å²) in [6.07, 6.45) is 6.68. The van der Waals surface area contributed by atoms with Crippen molar-refractivity contribution >= 4 is 23.7 Å². The Labute approximate surface area is 355 Å². The minimum atomic E-state index is -0.131. The van der Waals surface area contributed by atoms with Crippen molar-refractivity contribution in [3.63, 3.8) is 0 Å². The molecular weight excluding hydrogens is 749 g/mol. The van der Waals surface area contributed by atoms with E-state index in [0.29, 0.717) is 41.6 Å². The standard InChI is InChI=1S/C26H26O4.C26H26O3.CH4/c1-18-10-13-22(25(16-18)30-17-20-8-6-5-7-9-20)23(27)14-11-21-12-15-24(28-3)19(2)26(21)29-4;1-18-10-12-22(25(16-18)29-17-21-8-6-5-7-9-21)13-15-24(27)23-14-11-19(2)20(3)26(23)28-4;/h5-16H,17H2,1-4H3;5-16H,17H2,1-4H3;1H4/b14-11+;15-13+;. The van der Waals surface area contributed by atoms with Crippen LogP contribution in [0.4, 0.5) is 0 Å². The van der Waals surface area contributed by atoms with E-state index in [1.54, 1.807) is 51.7 Å². The highest BCUT2D eigenvalue weighted by Gasteiger charge is 2.15. The summed E-state index contributed by atoms with van der Waals surface area (Å²) < 4.78 is 28.3. The number of benzene rings is 6. The van der Waals surface area contributed by atoms with Gasteiger partial charge in [0, 0.05) is 16.7 Å². The fourth-order valence-corrected chi connectivity index (χ4v) is 6.40. The van der Waals surface area contributed by atoms with Crippen LogP contribution >= 0.6 is 0 Å². The van der Waals surface area contributed by atoms with Crippen molar-refractivity contribution in [3.05, 3.63) is 195 Å². The van der Waals surface area contributed by atoms with Crippen LogP contribution in [0.25, 0.3) is 12.2 Å². The highest BCUT2D eigenvalue weighted by Crippen LogP contribution is 2.33. The quantitative estimate of drug-likeness (QED) is 0.0755. The van der Waals surface area contributed by atoms with Crippen LogP contribution in [0.5, 0.6) is 28.7 Å². The molecule has 7 nitrogen and oxygen atoms in total. The largest absolute Gasteiger partial charge is 0.496 e. The molecule has 0 spiro atoms. The number of ether oxygens (including phenoxy) is 5. The normalized spacial score (nSPS) is 10.7. The number of allylic oxidation sites excluding steroid dienone is 2. The Morgan fingerprint density at radius 1 is 0.483 bits per heavy atom. The van der Waals surface area contributed by atoms with E-state index in [9.17, 15) is 9.59 Å². The highest BCUT2D eigenvalue weighted by atomic mass is 16.5. The zero-order valence-corrected chi connectivity index (χ0v) is 35.1. The molecule has 0 saturated carbocycles. The molecule has 0 heterocycles. The van der Waals surface area contributed by atoms with Gasteiger partial charge in [-0.25, -0.2) is 0 Å². The van der Waals surface area contributed by atoms with E-state index in [4.69, 9.17) is 23.7 Å². The molecule has 0 N–H and O–H groups in total. The van der Waals surface area contributed by atoms with Crippen LogP contribution in [-0.2, 0) is 13.2 Å². The minimum absolute atomic E-state index is 0. The third-order valence-electron chi connectivity index (χ3n) is 9.83. The lowest BCUT2D eigenvalue weighted by Crippen LogP contribution is -2.03. The summed E-state index contributed by atoms with van der Waals surface area (Å²) in [7, 11) is 4.82. The SMILES string of the molecule is C.COc1c(C(=O)/C=C/c2ccc(C)cc2OCc2ccccc2)ccc(C)c1C.COc1ccc(/C=C/C(=O)c2ccc(C)cc2OCc2ccccc2)c(OC)c1C. The Morgan fingerprint density at radius 3 is 1.57 bits per heavy atom. The van der Waals surface area contributed by atoms with Crippen molar-refractivity contribution in [1.29, 1.82) is 0 Å². The molecule has 6 rings (SSSR count). The van der Waals surface area contributed by atoms with Gasteiger partial charge >= 0.3 is 0 Å². The Balaban J connectivity index is 0.000000260. The van der Waals surface area contributed by atoms with Gasteiger partial charge in [0.25, 0.3) is 0 Å². The van der Waals surface area contributed by atoms with Gasteiger partial charge in [0.05, 0.1) is 32.5 Å². The predicted molar refractivity (Wildman–Crippen MR) is 244 cm³/mol. The molecule has 6 aromatic carbocycles. The second kappa shape index (κ2) is 22.3. The van der Waals surface area contributed by atoms with Crippen molar-refractivity contribution in [1.82, 2.24) is 0 Å². The first-order valence-corrected chi connectivity index (χ1v) is 19.4. The molecule has 7 heteroatoms. The van der Waals surface area contributed by atoms with Crippen molar-refractivity contribution in [3.8, 4) is 28.7 Å². The van der Waals surface area contributed by atoms with Gasteiger partial charge in [-0.2, -0.15) is 0 Å². The van der Waals surface area contributed by atoms with Crippen LogP contribution in [-0.4, -0.2) is 32.9 Å². The monoisotopic (exact) mass is 804 g/mol. The molecule has 0 unspecified atom stereocenters. The van der Waals surface area contributed by atoms with E-state index in [1.807, 2.05) is 150 Å². The maximum Gasteiger partial charge on any atom is 0.189 e. The fraction of sp³-hybridized carbons (Fsp3) is 0.208. The summed E-state index contributed by atoms with van der Waals surface area (Å²) in [6.45, 7) is 10.8. The lowest BCUT2D eigenvalue weighted by molar-refractivity contribution is 0.103. The highest BCUT2D eigenvalue weighted by molar-refractivity contribution is 6.09. The van der Waals surface area contributed by atoms with Crippen LogP contribution in [0.2, 0.25) is 0 Å². The number of methoxy groups -OCH3 is 3. The van der Waals surface area contributed by atoms with Gasteiger partial charge in [-0.1, -0.05) is 92.4 Å². The first kappa shape index (κ1) is 45.8. The summed E-state index contributed by atoms with van der Waals surface area (Å²) in [5.74, 6) is 3.15. The van der Waals surface area contributed by atoms with Gasteiger partial charge in [0.1, 0.15) is 42.0 Å². The molecule has 0 bridgehead atoms. The zero-order chi connectivity index (χ0) is 42.3. The number of carbonyl (C=O) groups excluding carboxylic acids is 2. The summed E-state index contributed by atoms with van der Waals surface area (Å²) in [6, 6.07) is 39.0. The van der Waals surface area contributed by atoms with Gasteiger partial charge < -0.3 is 23.7 Å². The fourth-order valence-electron chi connectivity index (χ4n) is 6.40. The molecule has 0 aliphatic carbocycles. The number of ketones is 2. The molecule has 0 fully saturated rings. The van der Waals surface area contributed by atoms with E-state index in [0.717, 1.165) is 61.6 Å². The number of carbonyl (C=O) groups is 2. The van der Waals surface area contributed by atoms with Crippen molar-refractivity contribution in [2.24, 2.45) is 0 Å². The maximum atomic E-state index is 12.9. The molecule has 0 saturated heterocycles. The predicted octanol–water partition coefficient (Wildman–Crippen LogP) is 12.5. The average molecular weight is 805 g/mol. The van der Waals surface area contributed by atoms with Crippen molar-refractivity contribution in [2.75, 3.05) is 21.3 Å². The van der Waals surface area contributed by atoms with Crippen LogP contribution in [0, 0.1) is 34.6 Å². The van der Waals surface area contributed by atoms with Crippen molar-refractivity contribution in [2.45, 2.75) is 55.3 Å². The Kier molecular flexibility index (Phi) is 17.1. The van der Waals surface area contributed by atoms with Gasteiger partial charge in [0.15, 0.2) is 11.6 Å². The topological polar surface area (TPSA) is 80.3 Å². The lowest BCUT2D eigenvalue weighted by atomic mass is 10.0. The molecule has 310 valence electrons. The molecule has 0 atom stereocenters. The van der Waals surface area contributed by atoms with E-state index < -0.39 is 0 Å². The Bertz CT molecular complexity index is 2430. The molecule has 0 radical (unpaired) electrons. The van der Waals surface area contributed by atoms with Crippen molar-refractivity contribution < 1.29 is 33.3 Å². The number of aryl methyl sites for hydroxylation is 3. The molecule has 0 amide bonds. The first-order valence-electron chi connectivity index (χ1n) is 19.4. The van der Waals surface area contributed by atoms with E-state index >= 15 is 0 Å². The minimum Gasteiger partial charge on any atom is -0.496 e. The first-order chi connectivity index (χ1) is 28.5. The molecule has 0 aromatic heterocycles. The van der Waals surface area contributed by atoms with Crippen LogP contribution in [0.3, 0.4) is 0 Å². The number of hydrogen-bond acceptors (Lipinski definition) is 7. The van der Waals surface area contributed by atoms with Crippen LogP contribution < -0.4 is 23.7 Å². The van der Waals surface area contributed by atoms with E-state index in [2.05, 4.69) is 0 Å². The summed E-state index contributed by atoms with van der Waals surface area (Å²) in [5.41, 5.74) is 10.0. The molecule has 60 heavy (non-hydrogen) atoms. The zero-order valence-electron chi connectivity index (χ0n) is 35.1. The lowest BCUT2D eigenvalue weighted by Gasteiger charge is -2.13. The van der Waals surface area contributed by atoms with E-state index in [1.165, 1.54) is 0 Å². The van der Waals surface area contributed by atoms with Crippen LogP contribution in [0.15, 0.2) is 133 Å². The summed E-state index contributed by atoms with van der Waals surface area (Å²) in [5, 5.41) is 0. The third-order valence-corrected chi connectivity index (χ3v) is 9.83. The molecule has 6 aromatic rings.